The Balaban J connectivity index is 1.50. The molecule has 3 rings (SSSR count). The zero-order valence-electron chi connectivity index (χ0n) is 16.0. The molecular formula is C22H23ClN4O2. The maximum atomic E-state index is 12.6. The van der Waals surface area contributed by atoms with Crippen LogP contribution in [0.1, 0.15) is 17.5 Å². The van der Waals surface area contributed by atoms with Crippen molar-refractivity contribution in [3.8, 4) is 0 Å². The Kier molecular flexibility index (Phi) is 7.41. The third kappa shape index (κ3) is 6.47. The fourth-order valence-electron chi connectivity index (χ4n) is 2.89. The summed E-state index contributed by atoms with van der Waals surface area (Å²) in [4.78, 5) is 28.7. The van der Waals surface area contributed by atoms with E-state index in [1.54, 1.807) is 0 Å². The molecule has 2 aromatic carbocycles. The molecule has 0 bridgehead atoms. The first-order valence-corrected chi connectivity index (χ1v) is 9.85. The molecule has 0 aliphatic carbocycles. The lowest BCUT2D eigenvalue weighted by Crippen LogP contribution is -2.29. The molecule has 29 heavy (non-hydrogen) atoms. The van der Waals surface area contributed by atoms with Gasteiger partial charge < -0.3 is 15.2 Å². The molecule has 1 heterocycles. The largest absolute Gasteiger partial charge is 0.365 e. The molecule has 1 amide bonds. The molecule has 0 saturated heterocycles. The second-order valence-corrected chi connectivity index (χ2v) is 6.98. The van der Waals surface area contributed by atoms with Crippen LogP contribution in [0.25, 0.3) is 0 Å². The average Bonchev–Trinajstić information content (AvgIpc) is 2.73. The van der Waals surface area contributed by atoms with E-state index in [0.717, 1.165) is 12.0 Å². The summed E-state index contributed by atoms with van der Waals surface area (Å²) in [5.41, 5.74) is 1.89. The lowest BCUT2D eigenvalue weighted by molar-refractivity contribution is -0.120. The van der Waals surface area contributed by atoms with Gasteiger partial charge in [-0.05, 0) is 17.5 Å². The number of amides is 1. The van der Waals surface area contributed by atoms with E-state index in [-0.39, 0.29) is 28.9 Å². The molecular weight excluding hydrogens is 388 g/mol. The Bertz CT molecular complexity index is 991. The van der Waals surface area contributed by atoms with Crippen molar-refractivity contribution in [2.24, 2.45) is 0 Å². The molecule has 0 atom stereocenters. The summed E-state index contributed by atoms with van der Waals surface area (Å²) in [7, 11) is 0. The fraction of sp³-hybridized carbons (Fsp3) is 0.227. The highest BCUT2D eigenvalue weighted by Crippen LogP contribution is 2.08. The number of rotatable bonds is 9. The molecule has 0 saturated carbocycles. The van der Waals surface area contributed by atoms with Crippen LogP contribution in [0.4, 0.5) is 5.82 Å². The first-order chi connectivity index (χ1) is 14.1. The zero-order valence-corrected chi connectivity index (χ0v) is 16.7. The van der Waals surface area contributed by atoms with Crippen molar-refractivity contribution in [2.45, 2.75) is 19.4 Å². The number of anilines is 1. The molecule has 2 N–H and O–H groups in total. The van der Waals surface area contributed by atoms with Crippen LogP contribution < -0.4 is 16.2 Å². The smallest absolute Gasteiger partial charge is 0.293 e. The van der Waals surface area contributed by atoms with E-state index in [2.05, 4.69) is 15.6 Å². The van der Waals surface area contributed by atoms with Gasteiger partial charge in [-0.15, -0.1) is 0 Å². The van der Waals surface area contributed by atoms with Crippen LogP contribution in [0.2, 0.25) is 5.15 Å². The van der Waals surface area contributed by atoms with Gasteiger partial charge in [0.1, 0.15) is 5.15 Å². The van der Waals surface area contributed by atoms with Gasteiger partial charge in [-0.3, -0.25) is 9.59 Å². The maximum Gasteiger partial charge on any atom is 0.293 e. The van der Waals surface area contributed by atoms with Crippen molar-refractivity contribution in [1.82, 2.24) is 14.9 Å². The highest BCUT2D eigenvalue weighted by molar-refractivity contribution is 6.29. The lowest BCUT2D eigenvalue weighted by Gasteiger charge is -2.10. The van der Waals surface area contributed by atoms with Crippen LogP contribution >= 0.6 is 11.6 Å². The molecule has 0 radical (unpaired) electrons. The van der Waals surface area contributed by atoms with E-state index in [9.17, 15) is 9.59 Å². The summed E-state index contributed by atoms with van der Waals surface area (Å²) in [6.45, 7) is 1.27. The lowest BCUT2D eigenvalue weighted by atomic mass is 10.1. The molecule has 0 fully saturated rings. The third-order valence-corrected chi connectivity index (χ3v) is 4.55. The van der Waals surface area contributed by atoms with E-state index in [1.165, 1.54) is 16.3 Å². The van der Waals surface area contributed by atoms with E-state index < -0.39 is 0 Å². The molecule has 150 valence electrons. The fourth-order valence-corrected chi connectivity index (χ4v) is 3.10. The first-order valence-electron chi connectivity index (χ1n) is 9.47. The summed E-state index contributed by atoms with van der Waals surface area (Å²) in [6.07, 6.45) is 2.53. The molecule has 0 spiro atoms. The van der Waals surface area contributed by atoms with Crippen molar-refractivity contribution >= 4 is 23.3 Å². The number of benzene rings is 2. The van der Waals surface area contributed by atoms with E-state index >= 15 is 0 Å². The summed E-state index contributed by atoms with van der Waals surface area (Å²) in [5.74, 6) is 0.0607. The second-order valence-electron chi connectivity index (χ2n) is 6.59. The number of carbonyl (C=O) groups excluding carboxylic acids is 1. The van der Waals surface area contributed by atoms with Crippen LogP contribution in [0, 0.1) is 0 Å². The molecule has 6 nitrogen and oxygen atoms in total. The summed E-state index contributed by atoms with van der Waals surface area (Å²) in [5, 5.41) is 6.03. The minimum atomic E-state index is -0.275. The van der Waals surface area contributed by atoms with Gasteiger partial charge in [0, 0.05) is 25.7 Å². The number of nitrogens with zero attached hydrogens (tertiary/aromatic N) is 2. The monoisotopic (exact) mass is 410 g/mol. The standard InChI is InChI=1S/C22H23ClN4O2/c23-19-16-27(15-18-9-5-2-6-10-18)22(29)21(26-19)25-14-12-20(28)24-13-11-17-7-3-1-4-8-17/h1-10,16H,11-15H2,(H,24,28)(H,25,26). The predicted molar refractivity (Wildman–Crippen MR) is 115 cm³/mol. The Hall–Kier alpha value is -3.12. The van der Waals surface area contributed by atoms with Gasteiger partial charge in [0.2, 0.25) is 5.91 Å². The van der Waals surface area contributed by atoms with Gasteiger partial charge in [0.15, 0.2) is 5.82 Å². The Morgan fingerprint density at radius 1 is 0.966 bits per heavy atom. The van der Waals surface area contributed by atoms with Gasteiger partial charge in [-0.25, -0.2) is 4.98 Å². The van der Waals surface area contributed by atoms with E-state index in [1.807, 2.05) is 60.7 Å². The molecule has 0 aliphatic heterocycles. The van der Waals surface area contributed by atoms with Crippen LogP contribution in [-0.2, 0) is 17.8 Å². The first kappa shape index (κ1) is 20.6. The van der Waals surface area contributed by atoms with Crippen molar-refractivity contribution in [3.63, 3.8) is 0 Å². The van der Waals surface area contributed by atoms with Crippen molar-refractivity contribution in [1.29, 1.82) is 0 Å². The van der Waals surface area contributed by atoms with Crippen LogP contribution in [0.5, 0.6) is 0 Å². The Morgan fingerprint density at radius 2 is 1.62 bits per heavy atom. The minimum absolute atomic E-state index is 0.0833. The van der Waals surface area contributed by atoms with Crippen molar-refractivity contribution < 1.29 is 4.79 Å². The number of carbonyl (C=O) groups is 1. The Labute approximate surface area is 174 Å². The van der Waals surface area contributed by atoms with Crippen molar-refractivity contribution in [2.75, 3.05) is 18.4 Å². The number of aromatic nitrogens is 2. The number of hydrogen-bond acceptors (Lipinski definition) is 4. The molecule has 1 aromatic heterocycles. The highest BCUT2D eigenvalue weighted by Gasteiger charge is 2.09. The summed E-state index contributed by atoms with van der Waals surface area (Å²) < 4.78 is 1.51. The van der Waals surface area contributed by atoms with Crippen LogP contribution in [0.3, 0.4) is 0 Å². The quantitative estimate of drug-likeness (QED) is 0.568. The maximum absolute atomic E-state index is 12.6. The third-order valence-electron chi connectivity index (χ3n) is 4.36. The van der Waals surface area contributed by atoms with Gasteiger partial charge in [-0.2, -0.15) is 0 Å². The van der Waals surface area contributed by atoms with Gasteiger partial charge in [0.05, 0.1) is 6.54 Å². The molecule has 3 aromatic rings. The summed E-state index contributed by atoms with van der Waals surface area (Å²) in [6, 6.07) is 19.6. The van der Waals surface area contributed by atoms with E-state index in [4.69, 9.17) is 11.6 Å². The SMILES string of the molecule is O=C(CCNc1nc(Cl)cn(Cc2ccccc2)c1=O)NCCc1ccccc1. The van der Waals surface area contributed by atoms with Crippen LogP contribution in [-0.4, -0.2) is 28.5 Å². The molecule has 7 heteroatoms. The molecule has 0 aliphatic rings. The number of hydrogen-bond donors (Lipinski definition) is 2. The second kappa shape index (κ2) is 10.4. The molecule has 0 unspecified atom stereocenters. The normalized spacial score (nSPS) is 10.5. The van der Waals surface area contributed by atoms with Crippen LogP contribution in [0.15, 0.2) is 71.7 Å². The minimum Gasteiger partial charge on any atom is -0.365 e. The van der Waals surface area contributed by atoms with Gasteiger partial charge in [0.25, 0.3) is 5.56 Å². The zero-order chi connectivity index (χ0) is 20.5. The number of halogens is 1. The average molecular weight is 411 g/mol. The topological polar surface area (TPSA) is 76.0 Å². The van der Waals surface area contributed by atoms with Crippen molar-refractivity contribution in [3.05, 3.63) is 93.5 Å². The predicted octanol–water partition coefficient (Wildman–Crippen LogP) is 3.11. The number of nitrogens with one attached hydrogen (secondary N) is 2. The highest BCUT2D eigenvalue weighted by atomic mass is 35.5. The summed E-state index contributed by atoms with van der Waals surface area (Å²) >= 11 is 6.07. The van der Waals surface area contributed by atoms with E-state index in [0.29, 0.717) is 19.6 Å². The van der Waals surface area contributed by atoms with Gasteiger partial charge in [-0.1, -0.05) is 72.3 Å². The Morgan fingerprint density at radius 3 is 2.31 bits per heavy atom. The van der Waals surface area contributed by atoms with Gasteiger partial charge >= 0.3 is 0 Å².